The van der Waals surface area contributed by atoms with Gasteiger partial charge in [0.1, 0.15) is 6.61 Å². The van der Waals surface area contributed by atoms with Gasteiger partial charge in [-0.2, -0.15) is 5.10 Å². The van der Waals surface area contributed by atoms with Crippen molar-refractivity contribution in [2.45, 2.75) is 32.3 Å². The predicted octanol–water partition coefficient (Wildman–Crippen LogP) is 3.97. The zero-order valence-corrected chi connectivity index (χ0v) is 18.5. The number of nitro groups is 1. The first-order valence-electron chi connectivity index (χ1n) is 10.4. The zero-order chi connectivity index (χ0) is 23.6. The Labute approximate surface area is 190 Å². The molecule has 4 rings (SSSR count). The minimum absolute atomic E-state index is 0.0132. The fourth-order valence-corrected chi connectivity index (χ4v) is 3.37. The molecule has 9 nitrogen and oxygen atoms in total. The summed E-state index contributed by atoms with van der Waals surface area (Å²) in [5.74, 6) is 0.716. The van der Waals surface area contributed by atoms with E-state index in [-0.39, 0.29) is 17.7 Å². The number of nitrogens with zero attached hydrogens (tertiary/aromatic N) is 3. The lowest BCUT2D eigenvalue weighted by molar-refractivity contribution is -0.384. The molecule has 170 valence electrons. The number of ether oxygens (including phenoxy) is 2. The van der Waals surface area contributed by atoms with Crippen molar-refractivity contribution in [1.82, 2.24) is 9.99 Å². The van der Waals surface area contributed by atoms with E-state index in [0.29, 0.717) is 17.2 Å². The maximum atomic E-state index is 12.6. The van der Waals surface area contributed by atoms with Gasteiger partial charge in [0.25, 0.3) is 11.6 Å². The third-order valence-electron chi connectivity index (χ3n) is 5.25. The molecule has 2 heterocycles. The van der Waals surface area contributed by atoms with Gasteiger partial charge in [-0.15, -0.1) is 0 Å². The third kappa shape index (κ3) is 4.87. The zero-order valence-electron chi connectivity index (χ0n) is 18.5. The standard InChI is InChI=1S/C24H24N4O5/c1-24(2,3)16-6-11-20-21(13-16)33-22(15-32-20)23(29)26-25-14-19-5-4-12-27(19)17-7-9-18(10-8-17)28(30)31/h4-14,22H,15H2,1-3H3,(H,26,29)/b25-14+. The molecule has 0 spiro atoms. The summed E-state index contributed by atoms with van der Waals surface area (Å²) in [5.41, 5.74) is 4.94. The summed E-state index contributed by atoms with van der Waals surface area (Å²) in [6, 6.07) is 15.5. The topological polar surface area (TPSA) is 108 Å². The lowest BCUT2D eigenvalue weighted by Gasteiger charge is -2.27. The van der Waals surface area contributed by atoms with E-state index in [1.54, 1.807) is 22.9 Å². The number of non-ortho nitro benzene ring substituents is 1. The van der Waals surface area contributed by atoms with E-state index in [1.165, 1.54) is 18.3 Å². The second-order valence-corrected chi connectivity index (χ2v) is 8.64. The molecular weight excluding hydrogens is 424 g/mol. The monoisotopic (exact) mass is 448 g/mol. The molecule has 1 unspecified atom stereocenters. The average molecular weight is 448 g/mol. The Kier molecular flexibility index (Phi) is 5.87. The third-order valence-corrected chi connectivity index (χ3v) is 5.25. The summed E-state index contributed by atoms with van der Waals surface area (Å²) < 4.78 is 13.4. The number of fused-ring (bicyclic) bond motifs is 1. The molecule has 1 N–H and O–H groups in total. The largest absolute Gasteiger partial charge is 0.485 e. The summed E-state index contributed by atoms with van der Waals surface area (Å²) in [7, 11) is 0. The maximum Gasteiger partial charge on any atom is 0.284 e. The van der Waals surface area contributed by atoms with E-state index in [2.05, 4.69) is 31.3 Å². The van der Waals surface area contributed by atoms with Crippen LogP contribution >= 0.6 is 0 Å². The highest BCUT2D eigenvalue weighted by molar-refractivity contribution is 5.84. The summed E-state index contributed by atoms with van der Waals surface area (Å²) in [6.07, 6.45) is 2.47. The molecular formula is C24H24N4O5. The molecule has 1 aliphatic heterocycles. The number of amides is 1. The quantitative estimate of drug-likeness (QED) is 0.361. The number of hydrazone groups is 1. The van der Waals surface area contributed by atoms with Gasteiger partial charge >= 0.3 is 0 Å². The fraction of sp³-hybridized carbons (Fsp3) is 0.250. The van der Waals surface area contributed by atoms with Gasteiger partial charge < -0.3 is 14.0 Å². The smallest absolute Gasteiger partial charge is 0.284 e. The van der Waals surface area contributed by atoms with Crippen LogP contribution in [0, 0.1) is 10.1 Å². The Balaban J connectivity index is 1.42. The normalized spacial score (nSPS) is 15.4. The number of carbonyl (C=O) groups excluding carboxylic acids is 1. The van der Waals surface area contributed by atoms with Crippen molar-refractivity contribution < 1.29 is 19.2 Å². The van der Waals surface area contributed by atoms with Crippen LogP contribution in [0.1, 0.15) is 32.0 Å². The van der Waals surface area contributed by atoms with Crippen molar-refractivity contribution in [3.63, 3.8) is 0 Å². The van der Waals surface area contributed by atoms with Crippen LogP contribution in [-0.2, 0) is 10.2 Å². The van der Waals surface area contributed by atoms with E-state index in [4.69, 9.17) is 9.47 Å². The average Bonchev–Trinajstić information content (AvgIpc) is 3.26. The van der Waals surface area contributed by atoms with Crippen molar-refractivity contribution in [3.8, 4) is 17.2 Å². The van der Waals surface area contributed by atoms with Crippen LogP contribution in [0.5, 0.6) is 11.5 Å². The first kappa shape index (κ1) is 22.1. The van der Waals surface area contributed by atoms with Crippen LogP contribution < -0.4 is 14.9 Å². The molecule has 0 saturated carbocycles. The van der Waals surface area contributed by atoms with Gasteiger partial charge in [-0.3, -0.25) is 14.9 Å². The highest BCUT2D eigenvalue weighted by Gasteiger charge is 2.28. The summed E-state index contributed by atoms with van der Waals surface area (Å²) >= 11 is 0. The van der Waals surface area contributed by atoms with Crippen molar-refractivity contribution in [2.24, 2.45) is 5.10 Å². The molecule has 3 aromatic rings. The number of benzene rings is 2. The number of rotatable bonds is 5. The van der Waals surface area contributed by atoms with Crippen LogP contribution in [0.4, 0.5) is 5.69 Å². The predicted molar refractivity (Wildman–Crippen MR) is 123 cm³/mol. The Bertz CT molecular complexity index is 1210. The van der Waals surface area contributed by atoms with E-state index in [0.717, 1.165) is 11.3 Å². The lowest BCUT2D eigenvalue weighted by atomic mass is 9.87. The lowest BCUT2D eigenvalue weighted by Crippen LogP contribution is -2.42. The Hall–Kier alpha value is -4.14. The minimum atomic E-state index is -0.827. The van der Waals surface area contributed by atoms with Crippen LogP contribution in [0.2, 0.25) is 0 Å². The van der Waals surface area contributed by atoms with Crippen LogP contribution in [0.25, 0.3) is 5.69 Å². The van der Waals surface area contributed by atoms with Crippen LogP contribution in [0.3, 0.4) is 0 Å². The van der Waals surface area contributed by atoms with Gasteiger partial charge in [-0.25, -0.2) is 5.43 Å². The van der Waals surface area contributed by atoms with Gasteiger partial charge in [0.15, 0.2) is 11.5 Å². The Morgan fingerprint density at radius 2 is 1.94 bits per heavy atom. The second-order valence-electron chi connectivity index (χ2n) is 8.64. The molecule has 0 bridgehead atoms. The van der Waals surface area contributed by atoms with Gasteiger partial charge in [0.05, 0.1) is 16.8 Å². The first-order valence-corrected chi connectivity index (χ1v) is 10.4. The molecule has 9 heteroatoms. The molecule has 0 fully saturated rings. The number of nitro benzene ring substituents is 1. The van der Waals surface area contributed by atoms with E-state index >= 15 is 0 Å². The molecule has 1 amide bonds. The van der Waals surface area contributed by atoms with Gasteiger partial charge in [0.2, 0.25) is 6.10 Å². The van der Waals surface area contributed by atoms with Gasteiger partial charge in [-0.05, 0) is 47.4 Å². The second kappa shape index (κ2) is 8.78. The number of carbonyl (C=O) groups is 1. The highest BCUT2D eigenvalue weighted by atomic mass is 16.6. The molecule has 1 aliphatic rings. The van der Waals surface area contributed by atoms with Gasteiger partial charge in [-0.1, -0.05) is 26.8 Å². The van der Waals surface area contributed by atoms with E-state index in [9.17, 15) is 14.9 Å². The molecule has 1 aromatic heterocycles. The molecule has 0 saturated heterocycles. The summed E-state index contributed by atoms with van der Waals surface area (Å²) in [5, 5.41) is 14.9. The highest BCUT2D eigenvalue weighted by Crippen LogP contribution is 2.36. The van der Waals surface area contributed by atoms with Crippen molar-refractivity contribution in [2.75, 3.05) is 6.61 Å². The van der Waals surface area contributed by atoms with Crippen molar-refractivity contribution in [1.29, 1.82) is 0 Å². The fourth-order valence-electron chi connectivity index (χ4n) is 3.37. The number of aromatic nitrogens is 1. The van der Waals surface area contributed by atoms with E-state index < -0.39 is 16.9 Å². The Morgan fingerprint density at radius 1 is 1.18 bits per heavy atom. The van der Waals surface area contributed by atoms with Gasteiger partial charge in [0, 0.05) is 24.0 Å². The SMILES string of the molecule is CC(C)(C)c1ccc2c(c1)OC(C(=O)N/N=C/c1cccn1-c1ccc([N+](=O)[O-])cc1)CO2. The minimum Gasteiger partial charge on any atom is -0.485 e. The number of nitrogens with one attached hydrogen (secondary N) is 1. The molecule has 0 radical (unpaired) electrons. The van der Waals surface area contributed by atoms with E-state index in [1.807, 2.05) is 30.3 Å². The summed E-state index contributed by atoms with van der Waals surface area (Å²) in [4.78, 5) is 23.0. The molecule has 33 heavy (non-hydrogen) atoms. The number of hydrogen-bond acceptors (Lipinski definition) is 6. The summed E-state index contributed by atoms with van der Waals surface area (Å²) in [6.45, 7) is 6.39. The molecule has 0 aliphatic carbocycles. The van der Waals surface area contributed by atoms with Crippen molar-refractivity contribution in [3.05, 3.63) is 82.2 Å². The van der Waals surface area contributed by atoms with Crippen LogP contribution in [0.15, 0.2) is 65.9 Å². The molecule has 1 atom stereocenters. The molecule has 2 aromatic carbocycles. The Morgan fingerprint density at radius 3 is 2.64 bits per heavy atom. The maximum absolute atomic E-state index is 12.6. The van der Waals surface area contributed by atoms with Crippen LogP contribution in [-0.4, -0.2) is 34.3 Å². The van der Waals surface area contributed by atoms with Crippen molar-refractivity contribution >= 4 is 17.8 Å². The number of hydrogen-bond donors (Lipinski definition) is 1. The first-order chi connectivity index (χ1) is 15.7.